The number of aliphatic imine (C=N–C) groups is 1. The molecule has 5 nitrogen and oxygen atoms in total. The lowest BCUT2D eigenvalue weighted by atomic mass is 10.1. The number of amides is 3. The van der Waals surface area contributed by atoms with Crippen molar-refractivity contribution in [3.8, 4) is 0 Å². The van der Waals surface area contributed by atoms with Gasteiger partial charge in [0.15, 0.2) is 5.17 Å². The van der Waals surface area contributed by atoms with E-state index in [4.69, 9.17) is 0 Å². The first-order valence-electron chi connectivity index (χ1n) is 8.31. The van der Waals surface area contributed by atoms with Gasteiger partial charge in [-0.15, -0.1) is 0 Å². The van der Waals surface area contributed by atoms with Crippen LogP contribution in [0, 0.1) is 6.92 Å². The highest BCUT2D eigenvalue weighted by Crippen LogP contribution is 2.31. The number of alkyl halides is 3. The number of nitrogens with one attached hydrogen (secondary N) is 2. The zero-order valence-corrected chi connectivity index (χ0v) is 15.5. The van der Waals surface area contributed by atoms with E-state index in [0.717, 1.165) is 29.5 Å². The van der Waals surface area contributed by atoms with E-state index < -0.39 is 28.9 Å². The monoisotopic (exact) mass is 407 g/mol. The number of amidine groups is 1. The molecule has 0 radical (unpaired) electrons. The summed E-state index contributed by atoms with van der Waals surface area (Å²) in [5.41, 5.74) is 1.22. The van der Waals surface area contributed by atoms with E-state index in [2.05, 4.69) is 15.6 Å². The second kappa shape index (κ2) is 8.05. The van der Waals surface area contributed by atoms with Crippen LogP contribution in [0.3, 0.4) is 0 Å². The van der Waals surface area contributed by atoms with Crippen LogP contribution in [0.4, 0.5) is 23.7 Å². The lowest BCUT2D eigenvalue weighted by Crippen LogP contribution is -2.26. The van der Waals surface area contributed by atoms with Crippen molar-refractivity contribution in [2.45, 2.75) is 24.8 Å². The zero-order chi connectivity index (χ0) is 20.3. The molecule has 0 aliphatic carbocycles. The molecule has 2 aromatic rings. The molecule has 9 heteroatoms. The summed E-state index contributed by atoms with van der Waals surface area (Å²) in [6.45, 7) is 1.92. The minimum Gasteiger partial charge on any atom is -0.306 e. The molecule has 2 N–H and O–H groups in total. The third-order valence-corrected chi connectivity index (χ3v) is 5.04. The van der Waals surface area contributed by atoms with Gasteiger partial charge in [-0.25, -0.2) is 4.79 Å². The fourth-order valence-corrected chi connectivity index (χ4v) is 3.57. The summed E-state index contributed by atoms with van der Waals surface area (Å²) in [6, 6.07) is 11.3. The number of carbonyl (C=O) groups excluding carboxylic acids is 2. The molecule has 1 saturated heterocycles. The lowest BCUT2D eigenvalue weighted by molar-refractivity contribution is -0.137. The standard InChI is InChI=1S/C19H16F3N3O2S/c1-11-5-7-14(8-6-11)23-17(27)25-18-24-16(26)15(28-18)10-12-3-2-4-13(9-12)19(20,21)22/h2-9,15H,10H2,1H3,(H2,23,24,25,26,27). The van der Waals surface area contributed by atoms with E-state index in [1.54, 1.807) is 12.1 Å². The minimum atomic E-state index is -4.44. The number of thioether (sulfide) groups is 1. The van der Waals surface area contributed by atoms with E-state index >= 15 is 0 Å². The molecule has 1 atom stereocenters. The van der Waals surface area contributed by atoms with Gasteiger partial charge in [0, 0.05) is 5.69 Å². The average molecular weight is 407 g/mol. The summed E-state index contributed by atoms with van der Waals surface area (Å²) in [5, 5.41) is 4.53. The Morgan fingerprint density at radius 1 is 1.21 bits per heavy atom. The molecule has 146 valence electrons. The van der Waals surface area contributed by atoms with Gasteiger partial charge < -0.3 is 10.6 Å². The first-order chi connectivity index (χ1) is 13.2. The maximum Gasteiger partial charge on any atom is 0.416 e. The van der Waals surface area contributed by atoms with Crippen LogP contribution >= 0.6 is 11.8 Å². The Kier molecular flexibility index (Phi) is 5.73. The maximum atomic E-state index is 12.8. The number of hydrogen-bond acceptors (Lipinski definition) is 3. The van der Waals surface area contributed by atoms with E-state index in [0.29, 0.717) is 11.3 Å². The van der Waals surface area contributed by atoms with Crippen molar-refractivity contribution >= 4 is 34.6 Å². The Labute approximate surface area is 163 Å². The van der Waals surface area contributed by atoms with Gasteiger partial charge >= 0.3 is 12.2 Å². The van der Waals surface area contributed by atoms with E-state index in [1.165, 1.54) is 12.1 Å². The highest BCUT2D eigenvalue weighted by Gasteiger charge is 2.33. The molecule has 0 aromatic heterocycles. The van der Waals surface area contributed by atoms with Crippen molar-refractivity contribution in [3.63, 3.8) is 0 Å². The Balaban J connectivity index is 1.64. The van der Waals surface area contributed by atoms with Crippen LogP contribution in [0.2, 0.25) is 0 Å². The largest absolute Gasteiger partial charge is 0.416 e. The van der Waals surface area contributed by atoms with Gasteiger partial charge in [0.25, 0.3) is 0 Å². The summed E-state index contributed by atoms with van der Waals surface area (Å²) in [5.74, 6) is -0.399. The van der Waals surface area contributed by atoms with E-state index in [9.17, 15) is 22.8 Å². The summed E-state index contributed by atoms with van der Waals surface area (Å²) in [4.78, 5) is 27.9. The summed E-state index contributed by atoms with van der Waals surface area (Å²) in [6.07, 6.45) is -4.35. The van der Waals surface area contributed by atoms with Crippen molar-refractivity contribution in [3.05, 3.63) is 65.2 Å². The molecule has 2 aromatic carbocycles. The van der Waals surface area contributed by atoms with Crippen molar-refractivity contribution in [1.29, 1.82) is 0 Å². The summed E-state index contributed by atoms with van der Waals surface area (Å²) >= 11 is 1.02. The minimum absolute atomic E-state index is 0.0963. The first kappa shape index (κ1) is 19.9. The van der Waals surface area contributed by atoms with Crippen LogP contribution in [0.5, 0.6) is 0 Å². The number of benzene rings is 2. The molecule has 28 heavy (non-hydrogen) atoms. The van der Waals surface area contributed by atoms with Crippen molar-refractivity contribution in [2.75, 3.05) is 5.32 Å². The highest BCUT2D eigenvalue weighted by atomic mass is 32.2. The predicted molar refractivity (Wildman–Crippen MR) is 102 cm³/mol. The van der Waals surface area contributed by atoms with Gasteiger partial charge in [-0.1, -0.05) is 47.7 Å². The Hall–Kier alpha value is -2.81. The third-order valence-electron chi connectivity index (χ3n) is 3.96. The van der Waals surface area contributed by atoms with Crippen LogP contribution in [0.1, 0.15) is 16.7 Å². The van der Waals surface area contributed by atoms with Crippen LogP contribution in [0.15, 0.2) is 53.5 Å². The SMILES string of the molecule is Cc1ccc(NC(=O)/N=C2\NC(=O)C(Cc3cccc(C(F)(F)F)c3)S2)cc1. The molecule has 1 aliphatic rings. The van der Waals surface area contributed by atoms with Gasteiger partial charge in [-0.2, -0.15) is 18.2 Å². The number of anilines is 1. The maximum absolute atomic E-state index is 12.8. The van der Waals surface area contributed by atoms with Crippen LogP contribution in [-0.4, -0.2) is 22.4 Å². The van der Waals surface area contributed by atoms with Crippen molar-refractivity contribution in [2.24, 2.45) is 4.99 Å². The molecular weight excluding hydrogens is 391 g/mol. The number of nitrogens with zero attached hydrogens (tertiary/aromatic N) is 1. The van der Waals surface area contributed by atoms with Gasteiger partial charge in [0.2, 0.25) is 5.91 Å². The second-order valence-corrected chi connectivity index (χ2v) is 7.40. The average Bonchev–Trinajstić information content (AvgIpc) is 2.95. The molecule has 1 unspecified atom stereocenters. The molecular formula is C19H16F3N3O2S. The Bertz CT molecular complexity index is 927. The molecule has 0 saturated carbocycles. The fourth-order valence-electron chi connectivity index (χ4n) is 2.56. The quantitative estimate of drug-likeness (QED) is 0.794. The topological polar surface area (TPSA) is 70.6 Å². The molecule has 3 amide bonds. The van der Waals surface area contributed by atoms with Crippen LogP contribution < -0.4 is 10.6 Å². The molecule has 3 rings (SSSR count). The van der Waals surface area contributed by atoms with Crippen LogP contribution in [-0.2, 0) is 17.4 Å². The number of hydrogen-bond donors (Lipinski definition) is 2. The normalized spacial score (nSPS) is 18.2. The number of rotatable bonds is 3. The number of carbonyl (C=O) groups is 2. The van der Waals surface area contributed by atoms with Gasteiger partial charge in [-0.05, 0) is 37.1 Å². The summed E-state index contributed by atoms with van der Waals surface area (Å²) < 4.78 is 38.4. The van der Waals surface area contributed by atoms with Gasteiger partial charge in [0.1, 0.15) is 0 Å². The fraction of sp³-hybridized carbons (Fsp3) is 0.211. The van der Waals surface area contributed by atoms with Gasteiger partial charge in [-0.3, -0.25) is 4.79 Å². The molecule has 1 aliphatic heterocycles. The molecule has 0 spiro atoms. The van der Waals surface area contributed by atoms with Crippen LogP contribution in [0.25, 0.3) is 0 Å². The van der Waals surface area contributed by atoms with E-state index in [-0.39, 0.29) is 11.6 Å². The predicted octanol–water partition coefficient (Wildman–Crippen LogP) is 4.38. The number of halogens is 3. The second-order valence-electron chi connectivity index (χ2n) is 6.21. The van der Waals surface area contributed by atoms with E-state index in [1.807, 2.05) is 19.1 Å². The highest BCUT2D eigenvalue weighted by molar-refractivity contribution is 8.15. The van der Waals surface area contributed by atoms with Crippen molar-refractivity contribution < 1.29 is 22.8 Å². The molecule has 1 heterocycles. The Morgan fingerprint density at radius 2 is 1.93 bits per heavy atom. The summed E-state index contributed by atoms with van der Waals surface area (Å²) in [7, 11) is 0. The molecule has 0 bridgehead atoms. The third kappa shape index (κ3) is 5.13. The lowest BCUT2D eigenvalue weighted by Gasteiger charge is -2.10. The van der Waals surface area contributed by atoms with Crippen molar-refractivity contribution in [1.82, 2.24) is 5.32 Å². The molecule has 1 fully saturated rings. The zero-order valence-electron chi connectivity index (χ0n) is 14.7. The Morgan fingerprint density at radius 3 is 2.61 bits per heavy atom. The smallest absolute Gasteiger partial charge is 0.306 e. The number of aryl methyl sites for hydroxylation is 1. The number of urea groups is 1. The first-order valence-corrected chi connectivity index (χ1v) is 9.19. The van der Waals surface area contributed by atoms with Gasteiger partial charge in [0.05, 0.1) is 10.8 Å².